The summed E-state index contributed by atoms with van der Waals surface area (Å²) < 4.78 is 0. The van der Waals surface area contributed by atoms with Gasteiger partial charge in [0.25, 0.3) is 0 Å². The molecule has 1 rings (SSSR count). The molecule has 0 saturated heterocycles. The molecule has 0 aliphatic heterocycles. The van der Waals surface area contributed by atoms with E-state index in [9.17, 15) is 0 Å². The molecule has 1 aliphatic rings. The van der Waals surface area contributed by atoms with Crippen LogP contribution in [0.5, 0.6) is 0 Å². The first-order chi connectivity index (χ1) is 6.50. The predicted molar refractivity (Wildman–Crippen MR) is 58.2 cm³/mol. The monoisotopic (exact) mass is 171 g/mol. The normalized spacial score (nSPS) is 17.8. The maximum absolute atomic E-state index is 3.07. The highest BCUT2D eigenvalue weighted by Crippen LogP contribution is 1.96. The van der Waals surface area contributed by atoms with E-state index >= 15 is 0 Å². The van der Waals surface area contributed by atoms with Gasteiger partial charge in [-0.2, -0.15) is 0 Å². The van der Waals surface area contributed by atoms with Crippen LogP contribution in [-0.4, -0.2) is 0 Å². The zero-order valence-corrected chi connectivity index (χ0v) is 7.82. The molecule has 0 amide bonds. The molecule has 0 fully saturated rings. The quantitative estimate of drug-likeness (QED) is 0.487. The predicted octanol–water partition coefficient (Wildman–Crippen LogP) is 3.75. The second-order valence-corrected chi connectivity index (χ2v) is 2.83. The van der Waals surface area contributed by atoms with Gasteiger partial charge in [-0.1, -0.05) is 54.7 Å². The fourth-order valence-corrected chi connectivity index (χ4v) is 1.02. The van der Waals surface area contributed by atoms with E-state index in [1.54, 1.807) is 0 Å². The minimum absolute atomic E-state index is 1.03. The van der Waals surface area contributed by atoms with Crippen molar-refractivity contribution in [2.75, 3.05) is 0 Å². The minimum atomic E-state index is 1.03. The Morgan fingerprint density at radius 2 is 1.69 bits per heavy atom. The van der Waals surface area contributed by atoms with E-state index in [4.69, 9.17) is 0 Å². The second-order valence-electron chi connectivity index (χ2n) is 2.83. The van der Waals surface area contributed by atoms with Gasteiger partial charge in [-0.05, 0) is 25.3 Å². The van der Waals surface area contributed by atoms with E-state index in [0.717, 1.165) is 19.3 Å². The number of rotatable bonds is 0. The minimum Gasteiger partial charge on any atom is -0.0879 e. The molecule has 0 nitrogen and oxygen atoms in total. The molecule has 0 atom stereocenters. The van der Waals surface area contributed by atoms with E-state index in [2.05, 4.69) is 36.5 Å². The van der Waals surface area contributed by atoms with Crippen LogP contribution in [0.15, 0.2) is 54.7 Å². The van der Waals surface area contributed by atoms with Crippen molar-refractivity contribution in [3.05, 3.63) is 60.8 Å². The molecule has 67 valence electrons. The molecule has 0 aromatic carbocycles. The summed E-state index contributed by atoms with van der Waals surface area (Å²) in [5, 5.41) is 0. The van der Waals surface area contributed by atoms with Crippen LogP contribution in [0.3, 0.4) is 0 Å². The molecular formula is C13H15. The van der Waals surface area contributed by atoms with Crippen LogP contribution in [0.25, 0.3) is 0 Å². The third-order valence-corrected chi connectivity index (χ3v) is 1.70. The van der Waals surface area contributed by atoms with E-state index in [1.807, 2.05) is 24.3 Å². The summed E-state index contributed by atoms with van der Waals surface area (Å²) in [6.07, 6.45) is 25.0. The van der Waals surface area contributed by atoms with Crippen molar-refractivity contribution in [3.63, 3.8) is 0 Å². The van der Waals surface area contributed by atoms with Crippen molar-refractivity contribution in [3.8, 4) is 0 Å². The van der Waals surface area contributed by atoms with Gasteiger partial charge in [-0.3, -0.25) is 0 Å². The first-order valence-electron chi connectivity index (χ1n) is 4.71. The molecule has 1 radical (unpaired) electrons. The van der Waals surface area contributed by atoms with Gasteiger partial charge >= 0.3 is 0 Å². The average molecular weight is 171 g/mol. The molecule has 0 spiro atoms. The molecule has 0 heteroatoms. The number of hydrogen-bond acceptors (Lipinski definition) is 0. The van der Waals surface area contributed by atoms with Crippen molar-refractivity contribution < 1.29 is 0 Å². The van der Waals surface area contributed by atoms with Crippen LogP contribution >= 0.6 is 0 Å². The van der Waals surface area contributed by atoms with Crippen LogP contribution in [0.1, 0.15) is 19.3 Å². The van der Waals surface area contributed by atoms with Gasteiger partial charge in [-0.15, -0.1) is 0 Å². The van der Waals surface area contributed by atoms with Gasteiger partial charge < -0.3 is 0 Å². The van der Waals surface area contributed by atoms with Crippen LogP contribution in [-0.2, 0) is 0 Å². The zero-order chi connectivity index (χ0) is 9.19. The Hall–Kier alpha value is -1.30. The standard InChI is InChI=1S/C13H15/c1-2-4-6-8-10-12-13-11-9-7-5-3-1/h1-5,8-11H,6,12-13H2. The first kappa shape index (κ1) is 9.79. The Bertz CT molecular complexity index is 249. The largest absolute Gasteiger partial charge is 0.0879 e. The van der Waals surface area contributed by atoms with E-state index in [0.29, 0.717) is 0 Å². The molecule has 1 aliphatic carbocycles. The Morgan fingerprint density at radius 3 is 2.69 bits per heavy atom. The van der Waals surface area contributed by atoms with Gasteiger partial charge in [0.05, 0.1) is 0 Å². The average Bonchev–Trinajstić information content (AvgIpc) is 2.18. The number of allylic oxidation sites excluding steroid dienone is 10. The second kappa shape index (κ2) is 7.35. The van der Waals surface area contributed by atoms with Gasteiger partial charge in [0.15, 0.2) is 0 Å². The van der Waals surface area contributed by atoms with Gasteiger partial charge in [0.1, 0.15) is 0 Å². The molecule has 0 bridgehead atoms. The van der Waals surface area contributed by atoms with Crippen LogP contribution in [0, 0.1) is 6.08 Å². The van der Waals surface area contributed by atoms with Gasteiger partial charge in [0, 0.05) is 0 Å². The molecule has 0 heterocycles. The van der Waals surface area contributed by atoms with E-state index < -0.39 is 0 Å². The van der Waals surface area contributed by atoms with E-state index in [1.165, 1.54) is 0 Å². The van der Waals surface area contributed by atoms with Crippen molar-refractivity contribution in [1.82, 2.24) is 0 Å². The van der Waals surface area contributed by atoms with Crippen molar-refractivity contribution in [2.24, 2.45) is 0 Å². The molecule has 0 aromatic rings. The molecular weight excluding hydrogens is 156 g/mol. The molecule has 0 saturated carbocycles. The highest BCUT2D eigenvalue weighted by molar-refractivity contribution is 5.13. The SMILES string of the molecule is [C]1=CC=CC=CCC=CCCC=C1. The lowest BCUT2D eigenvalue weighted by Crippen LogP contribution is -1.64. The molecule has 13 heavy (non-hydrogen) atoms. The first-order valence-corrected chi connectivity index (χ1v) is 4.71. The Morgan fingerprint density at radius 1 is 0.769 bits per heavy atom. The lowest BCUT2D eigenvalue weighted by molar-refractivity contribution is 1.04. The maximum Gasteiger partial charge on any atom is -0.0166 e. The third-order valence-electron chi connectivity index (χ3n) is 1.70. The highest BCUT2D eigenvalue weighted by Gasteiger charge is 1.76. The lowest BCUT2D eigenvalue weighted by Gasteiger charge is -1.84. The van der Waals surface area contributed by atoms with Gasteiger partial charge in [0.2, 0.25) is 0 Å². The van der Waals surface area contributed by atoms with Crippen LogP contribution in [0.4, 0.5) is 0 Å². The molecule has 0 aromatic heterocycles. The summed E-state index contributed by atoms with van der Waals surface area (Å²) >= 11 is 0. The van der Waals surface area contributed by atoms with Gasteiger partial charge in [-0.25, -0.2) is 0 Å². The summed E-state index contributed by atoms with van der Waals surface area (Å²) in [6.45, 7) is 0. The summed E-state index contributed by atoms with van der Waals surface area (Å²) in [7, 11) is 0. The van der Waals surface area contributed by atoms with Crippen molar-refractivity contribution in [2.45, 2.75) is 19.3 Å². The molecule has 0 N–H and O–H groups in total. The van der Waals surface area contributed by atoms with E-state index in [-0.39, 0.29) is 0 Å². The van der Waals surface area contributed by atoms with Crippen LogP contribution in [0.2, 0.25) is 0 Å². The van der Waals surface area contributed by atoms with Crippen molar-refractivity contribution >= 4 is 0 Å². The summed E-state index contributed by atoms with van der Waals surface area (Å²) in [4.78, 5) is 0. The summed E-state index contributed by atoms with van der Waals surface area (Å²) in [5.74, 6) is 0. The smallest absolute Gasteiger partial charge is 0.0166 e. The fraction of sp³-hybridized carbons (Fsp3) is 0.231. The molecule has 0 unspecified atom stereocenters. The highest BCUT2D eigenvalue weighted by atomic mass is 13.8. The summed E-state index contributed by atoms with van der Waals surface area (Å²) in [5.41, 5.74) is 0. The fourth-order valence-electron chi connectivity index (χ4n) is 1.02. The topological polar surface area (TPSA) is 0 Å². The third kappa shape index (κ3) is 5.92. The number of hydrogen-bond donors (Lipinski definition) is 0. The Labute approximate surface area is 80.7 Å². The lowest BCUT2D eigenvalue weighted by atomic mass is 10.2. The zero-order valence-electron chi connectivity index (χ0n) is 7.82. The Balaban J connectivity index is 2.50. The maximum atomic E-state index is 3.07. The van der Waals surface area contributed by atoms with Crippen LogP contribution < -0.4 is 0 Å². The Kier molecular flexibility index (Phi) is 5.54. The summed E-state index contributed by atoms with van der Waals surface area (Å²) in [6, 6.07) is 0. The van der Waals surface area contributed by atoms with Crippen molar-refractivity contribution in [1.29, 1.82) is 0 Å².